The molecule has 3 heterocycles. The highest BCUT2D eigenvalue weighted by Crippen LogP contribution is 2.41. The maximum Gasteiger partial charge on any atom is 0.295 e. The van der Waals surface area contributed by atoms with Crippen LogP contribution in [0.15, 0.2) is 66.8 Å². The van der Waals surface area contributed by atoms with Crippen molar-refractivity contribution in [2.24, 2.45) is 0 Å². The van der Waals surface area contributed by atoms with Crippen molar-refractivity contribution in [1.29, 1.82) is 0 Å². The van der Waals surface area contributed by atoms with Crippen molar-refractivity contribution in [3.63, 3.8) is 0 Å². The number of amides is 1. The lowest BCUT2D eigenvalue weighted by Crippen LogP contribution is -2.36. The van der Waals surface area contributed by atoms with Crippen LogP contribution in [0.3, 0.4) is 0 Å². The Hall–Kier alpha value is -4.07. The first kappa shape index (κ1) is 25.6. The maximum absolute atomic E-state index is 13.4. The molecule has 1 saturated heterocycles. The number of Topliss-reactive ketones (excluding diaryl/α,β-unsaturated/α-hetero) is 1. The van der Waals surface area contributed by atoms with Crippen LogP contribution in [-0.2, 0) is 22.6 Å². The van der Waals surface area contributed by atoms with Gasteiger partial charge in [0.25, 0.3) is 11.7 Å². The molecular formula is C30H34N3O5+. The zero-order valence-corrected chi connectivity index (χ0v) is 21.9. The largest absolute Gasteiger partial charge is 0.507 e. The van der Waals surface area contributed by atoms with Crippen LogP contribution in [0.1, 0.15) is 55.8 Å². The molecule has 0 saturated carbocycles. The number of unbranched alkanes of at least 4 members (excludes halogenated alkanes) is 1. The molecule has 0 bridgehead atoms. The number of hydrogen-bond donors (Lipinski definition) is 2. The monoisotopic (exact) mass is 516 g/mol. The molecule has 1 amide bonds. The van der Waals surface area contributed by atoms with E-state index in [9.17, 15) is 14.7 Å². The first-order valence-electron chi connectivity index (χ1n) is 13.3. The van der Waals surface area contributed by atoms with Crippen LogP contribution in [0.2, 0.25) is 0 Å². The third-order valence-electron chi connectivity index (χ3n) is 7.07. The van der Waals surface area contributed by atoms with Crippen molar-refractivity contribution in [3.8, 4) is 11.5 Å². The Morgan fingerprint density at radius 3 is 2.87 bits per heavy atom. The number of aromatic nitrogens is 2. The van der Waals surface area contributed by atoms with E-state index in [1.807, 2.05) is 66.6 Å². The summed E-state index contributed by atoms with van der Waals surface area (Å²) in [7, 11) is 0. The number of ketones is 1. The number of carbonyl (C=O) groups is 2. The van der Waals surface area contributed by atoms with E-state index in [2.05, 4.69) is 11.9 Å². The number of aliphatic hydroxyl groups is 1. The van der Waals surface area contributed by atoms with E-state index in [1.54, 1.807) is 11.0 Å². The van der Waals surface area contributed by atoms with E-state index < -0.39 is 17.7 Å². The molecule has 2 unspecified atom stereocenters. The molecule has 0 aliphatic carbocycles. The highest BCUT2D eigenvalue weighted by Gasteiger charge is 2.46. The molecule has 8 heteroatoms. The van der Waals surface area contributed by atoms with Gasteiger partial charge in [0, 0.05) is 24.9 Å². The second-order valence-corrected chi connectivity index (χ2v) is 9.92. The number of rotatable bonds is 10. The minimum absolute atomic E-state index is 0.0568. The van der Waals surface area contributed by atoms with Crippen molar-refractivity contribution in [3.05, 3.63) is 83.4 Å². The van der Waals surface area contributed by atoms with Crippen LogP contribution < -0.4 is 14.0 Å². The van der Waals surface area contributed by atoms with Crippen molar-refractivity contribution >= 4 is 17.4 Å². The molecule has 2 atom stereocenters. The van der Waals surface area contributed by atoms with Gasteiger partial charge in [-0.2, -0.15) is 0 Å². The van der Waals surface area contributed by atoms with Gasteiger partial charge < -0.3 is 19.5 Å². The number of aliphatic hydroxyl groups excluding tert-OH is 1. The number of hydrogen-bond acceptors (Lipinski definition) is 5. The van der Waals surface area contributed by atoms with Crippen molar-refractivity contribution < 1.29 is 28.7 Å². The molecule has 2 aromatic carbocycles. The Balaban J connectivity index is 1.51. The Kier molecular flexibility index (Phi) is 7.49. The van der Waals surface area contributed by atoms with Crippen molar-refractivity contribution in [2.75, 3.05) is 13.2 Å². The van der Waals surface area contributed by atoms with Gasteiger partial charge in [0.15, 0.2) is 0 Å². The zero-order chi connectivity index (χ0) is 26.6. The number of carbonyl (C=O) groups excluding carboxylic acids is 2. The lowest BCUT2D eigenvalue weighted by atomic mass is 9.94. The summed E-state index contributed by atoms with van der Waals surface area (Å²) in [6.07, 6.45) is 8.97. The minimum atomic E-state index is -0.718. The molecule has 1 aromatic heterocycles. The van der Waals surface area contributed by atoms with Gasteiger partial charge in [-0.05, 0) is 54.8 Å². The van der Waals surface area contributed by atoms with Crippen LogP contribution in [0, 0.1) is 0 Å². The first-order chi connectivity index (χ1) is 18.5. The maximum atomic E-state index is 13.4. The standard InChI is InChI=1S/C30H33N3O5/c1-3-4-15-37-24-8-5-7-21(18-24)27-26(28(34)22-9-10-25-23(17-22)16-20(2)38-25)29(35)30(36)33(27)13-6-12-32-14-11-31-19-32/h5,7-11,14,17-20,27H,3-4,6,12-13,15-16H2,1-2H3,(H,34,35)/p+1. The van der Waals surface area contributed by atoms with Gasteiger partial charge >= 0.3 is 0 Å². The highest BCUT2D eigenvalue weighted by molar-refractivity contribution is 6.46. The summed E-state index contributed by atoms with van der Waals surface area (Å²) in [5.41, 5.74) is 2.30. The van der Waals surface area contributed by atoms with Gasteiger partial charge in [0.05, 0.1) is 24.8 Å². The molecule has 2 N–H and O–H groups in total. The van der Waals surface area contributed by atoms with Gasteiger partial charge in [0.1, 0.15) is 35.8 Å². The fourth-order valence-corrected chi connectivity index (χ4v) is 5.17. The summed E-state index contributed by atoms with van der Waals surface area (Å²) in [5.74, 6) is 0.00379. The van der Waals surface area contributed by atoms with Crippen LogP contribution in [0.4, 0.5) is 0 Å². The molecule has 0 radical (unpaired) electrons. The van der Waals surface area contributed by atoms with Gasteiger partial charge in [-0.1, -0.05) is 25.5 Å². The first-order valence-corrected chi connectivity index (χ1v) is 13.3. The summed E-state index contributed by atoms with van der Waals surface area (Å²) < 4.78 is 13.7. The number of aromatic amines is 1. The summed E-state index contributed by atoms with van der Waals surface area (Å²) >= 11 is 0. The topological polar surface area (TPSA) is 95.7 Å². The van der Waals surface area contributed by atoms with E-state index >= 15 is 0 Å². The molecule has 5 rings (SSSR count). The number of fused-ring (bicyclic) bond motifs is 1. The smallest absolute Gasteiger partial charge is 0.295 e. The molecule has 1 fully saturated rings. The molecule has 0 spiro atoms. The van der Waals surface area contributed by atoms with Gasteiger partial charge in [-0.15, -0.1) is 0 Å². The number of imidazole rings is 1. The number of H-pyrrole nitrogens is 1. The molecule has 38 heavy (non-hydrogen) atoms. The van der Waals surface area contributed by atoms with Crippen molar-refractivity contribution in [1.82, 2.24) is 9.88 Å². The predicted octanol–water partition coefficient (Wildman–Crippen LogP) is 4.32. The second-order valence-electron chi connectivity index (χ2n) is 9.92. The lowest BCUT2D eigenvalue weighted by molar-refractivity contribution is -0.695. The van der Waals surface area contributed by atoms with Gasteiger partial charge in [-0.25, -0.2) is 4.57 Å². The lowest BCUT2D eigenvalue weighted by Gasteiger charge is -2.25. The predicted molar refractivity (Wildman–Crippen MR) is 142 cm³/mol. The fourth-order valence-electron chi connectivity index (χ4n) is 5.17. The summed E-state index contributed by atoms with van der Waals surface area (Å²) in [4.78, 5) is 31.3. The van der Waals surface area contributed by atoms with E-state index in [1.165, 1.54) is 0 Å². The number of likely N-dealkylation sites (tertiary alicyclic amines) is 1. The molecule has 8 nitrogen and oxygen atoms in total. The van der Waals surface area contributed by atoms with Gasteiger partial charge in [-0.3, -0.25) is 14.6 Å². The van der Waals surface area contributed by atoms with Crippen LogP contribution in [-0.4, -0.2) is 45.9 Å². The normalized spacial score (nSPS) is 20.0. The summed E-state index contributed by atoms with van der Waals surface area (Å²) in [6, 6.07) is 12.2. The Labute approximate surface area is 222 Å². The summed E-state index contributed by atoms with van der Waals surface area (Å²) in [5, 5.41) is 11.5. The van der Waals surface area contributed by atoms with Crippen LogP contribution in [0.25, 0.3) is 5.76 Å². The molecule has 3 aromatic rings. The third kappa shape index (κ3) is 5.16. The Bertz CT molecular complexity index is 1350. The van der Waals surface area contributed by atoms with E-state index in [-0.39, 0.29) is 17.4 Å². The van der Waals surface area contributed by atoms with Crippen molar-refractivity contribution in [2.45, 2.75) is 58.2 Å². The zero-order valence-electron chi connectivity index (χ0n) is 21.9. The van der Waals surface area contributed by atoms with E-state index in [0.717, 1.165) is 36.1 Å². The van der Waals surface area contributed by atoms with E-state index in [0.29, 0.717) is 37.4 Å². The number of nitrogens with one attached hydrogen (secondary N) is 1. The Morgan fingerprint density at radius 1 is 1.21 bits per heavy atom. The molecule has 198 valence electrons. The molecule has 2 aliphatic heterocycles. The van der Waals surface area contributed by atoms with E-state index in [4.69, 9.17) is 9.47 Å². The third-order valence-corrected chi connectivity index (χ3v) is 7.07. The molecular weight excluding hydrogens is 482 g/mol. The quantitative estimate of drug-likeness (QED) is 0.138. The SMILES string of the molecule is CCCCOc1cccc(C2C(=C(O)c3ccc4c(c3)CC(C)O4)C(=O)C(=O)N2CCC[n+]2cc[nH]c2)c1. The average Bonchev–Trinajstić information content (AvgIpc) is 3.62. The number of ether oxygens (including phenoxy) is 2. The number of aryl methyl sites for hydroxylation is 1. The minimum Gasteiger partial charge on any atom is -0.507 e. The van der Waals surface area contributed by atoms with Crippen LogP contribution >= 0.6 is 0 Å². The average molecular weight is 517 g/mol. The summed E-state index contributed by atoms with van der Waals surface area (Å²) in [6.45, 7) is 5.73. The van der Waals surface area contributed by atoms with Crippen LogP contribution in [0.5, 0.6) is 11.5 Å². The molecule has 2 aliphatic rings. The second kappa shape index (κ2) is 11.1. The Morgan fingerprint density at radius 2 is 2.08 bits per heavy atom. The fraction of sp³-hybridized carbons (Fsp3) is 0.367. The number of nitrogens with zero attached hydrogens (tertiary/aromatic N) is 2. The number of benzene rings is 2. The van der Waals surface area contributed by atoms with Gasteiger partial charge in [0.2, 0.25) is 6.33 Å². The highest BCUT2D eigenvalue weighted by atomic mass is 16.5.